The lowest BCUT2D eigenvalue weighted by Gasteiger charge is -2.21. The summed E-state index contributed by atoms with van der Waals surface area (Å²) in [6.07, 6.45) is 0.120. The van der Waals surface area contributed by atoms with Gasteiger partial charge in [-0.2, -0.15) is 0 Å². The van der Waals surface area contributed by atoms with Gasteiger partial charge in [0.25, 0.3) is 0 Å². The maximum absolute atomic E-state index is 11.3. The van der Waals surface area contributed by atoms with Crippen LogP contribution in [0.5, 0.6) is 0 Å². The van der Waals surface area contributed by atoms with Crippen LogP contribution in [0.3, 0.4) is 0 Å². The van der Waals surface area contributed by atoms with Crippen molar-refractivity contribution in [1.82, 2.24) is 0 Å². The second kappa shape index (κ2) is 3.83. The Morgan fingerprint density at radius 3 is 2.18 bits per heavy atom. The number of carbonyl (C=O) groups is 1. The number of aliphatic hydroxyl groups is 1. The van der Waals surface area contributed by atoms with E-state index in [0.29, 0.717) is 6.42 Å². The number of hydrogen-bond acceptors (Lipinski definition) is 3. The van der Waals surface area contributed by atoms with Crippen molar-refractivity contribution in [2.75, 3.05) is 7.11 Å². The minimum atomic E-state index is -1.28. The molecule has 0 aromatic rings. The summed E-state index contributed by atoms with van der Waals surface area (Å²) in [6, 6.07) is 0. The van der Waals surface area contributed by atoms with E-state index >= 15 is 0 Å². The highest BCUT2D eigenvalue weighted by Gasteiger charge is 2.30. The van der Waals surface area contributed by atoms with Gasteiger partial charge in [0.05, 0.1) is 0 Å². The first-order chi connectivity index (χ1) is 4.93. The third-order valence-electron chi connectivity index (χ3n) is 1.55. The maximum atomic E-state index is 11.3. The van der Waals surface area contributed by atoms with E-state index in [4.69, 9.17) is 4.74 Å². The average Bonchev–Trinajstić information content (AvgIpc) is 1.88. The Balaban J connectivity index is 4.22. The van der Waals surface area contributed by atoms with Crippen molar-refractivity contribution in [3.8, 4) is 0 Å². The van der Waals surface area contributed by atoms with Crippen LogP contribution in [0.4, 0.5) is 0 Å². The van der Waals surface area contributed by atoms with Gasteiger partial charge < -0.3 is 9.84 Å². The van der Waals surface area contributed by atoms with E-state index in [1.807, 2.05) is 6.92 Å². The molecule has 0 saturated carbocycles. The zero-order chi connectivity index (χ0) is 9.07. The van der Waals surface area contributed by atoms with Gasteiger partial charge in [0.15, 0.2) is 5.78 Å². The molecule has 0 bridgehead atoms. The molecule has 1 atom stereocenters. The van der Waals surface area contributed by atoms with Crippen LogP contribution in [0.15, 0.2) is 0 Å². The van der Waals surface area contributed by atoms with Gasteiger partial charge in [-0.1, -0.05) is 6.92 Å². The van der Waals surface area contributed by atoms with Crippen molar-refractivity contribution < 1.29 is 14.6 Å². The fourth-order valence-electron chi connectivity index (χ4n) is 0.853. The van der Waals surface area contributed by atoms with Crippen LogP contribution in [0.2, 0.25) is 0 Å². The normalized spacial score (nSPS) is 14.6. The monoisotopic (exact) mass is 160 g/mol. The third kappa shape index (κ3) is 2.99. The van der Waals surface area contributed by atoms with E-state index in [1.54, 1.807) is 0 Å². The van der Waals surface area contributed by atoms with E-state index in [2.05, 4.69) is 0 Å². The molecule has 1 N–H and O–H groups in total. The van der Waals surface area contributed by atoms with Gasteiger partial charge in [0.2, 0.25) is 0 Å². The molecule has 0 fully saturated rings. The molecule has 0 spiro atoms. The van der Waals surface area contributed by atoms with Gasteiger partial charge in [-0.15, -0.1) is 0 Å². The predicted octanol–water partition coefficient (Wildman–Crippen LogP) is 0.751. The lowest BCUT2D eigenvalue weighted by atomic mass is 9.98. The van der Waals surface area contributed by atoms with Crippen molar-refractivity contribution in [1.29, 1.82) is 0 Å². The summed E-state index contributed by atoms with van der Waals surface area (Å²) in [7, 11) is 1.47. The van der Waals surface area contributed by atoms with Gasteiger partial charge in [0.1, 0.15) is 11.7 Å². The van der Waals surface area contributed by atoms with Crippen molar-refractivity contribution >= 4 is 5.78 Å². The van der Waals surface area contributed by atoms with E-state index in [0.717, 1.165) is 0 Å². The lowest BCUT2D eigenvalue weighted by molar-refractivity contribution is -0.144. The van der Waals surface area contributed by atoms with Gasteiger partial charge in [0, 0.05) is 7.11 Å². The van der Waals surface area contributed by atoms with E-state index in [1.165, 1.54) is 21.0 Å². The summed E-state index contributed by atoms with van der Waals surface area (Å²) in [5, 5.41) is 9.29. The standard InChI is InChI=1S/C8H16O3/c1-5-6(11-4)7(9)8(2,3)10/h6,10H,5H2,1-4H3. The van der Waals surface area contributed by atoms with Gasteiger partial charge >= 0.3 is 0 Å². The fourth-order valence-corrected chi connectivity index (χ4v) is 0.853. The zero-order valence-electron chi connectivity index (χ0n) is 7.55. The van der Waals surface area contributed by atoms with E-state index in [9.17, 15) is 9.90 Å². The smallest absolute Gasteiger partial charge is 0.192 e. The average molecular weight is 160 g/mol. The first-order valence-corrected chi connectivity index (χ1v) is 3.73. The second-order valence-electron chi connectivity index (χ2n) is 3.06. The quantitative estimate of drug-likeness (QED) is 0.660. The van der Waals surface area contributed by atoms with Crippen LogP contribution in [0.1, 0.15) is 27.2 Å². The molecule has 0 saturated heterocycles. The number of Topliss-reactive ketones (excluding diaryl/α,β-unsaturated/α-hetero) is 1. The Hall–Kier alpha value is -0.410. The zero-order valence-corrected chi connectivity index (χ0v) is 7.55. The van der Waals surface area contributed by atoms with E-state index < -0.39 is 11.7 Å². The predicted molar refractivity (Wildman–Crippen MR) is 42.4 cm³/mol. The molecule has 1 unspecified atom stereocenters. The van der Waals surface area contributed by atoms with E-state index in [-0.39, 0.29) is 5.78 Å². The summed E-state index contributed by atoms with van der Waals surface area (Å²) in [4.78, 5) is 11.3. The summed E-state index contributed by atoms with van der Waals surface area (Å²) in [5.41, 5.74) is -1.28. The molecular formula is C8H16O3. The molecule has 11 heavy (non-hydrogen) atoms. The summed E-state index contributed by atoms with van der Waals surface area (Å²) < 4.78 is 4.88. The summed E-state index contributed by atoms with van der Waals surface area (Å²) in [6.45, 7) is 4.78. The van der Waals surface area contributed by atoms with Crippen molar-refractivity contribution in [3.05, 3.63) is 0 Å². The fraction of sp³-hybridized carbons (Fsp3) is 0.875. The van der Waals surface area contributed by atoms with Crippen LogP contribution < -0.4 is 0 Å². The number of ether oxygens (including phenoxy) is 1. The molecule has 0 radical (unpaired) electrons. The Kier molecular flexibility index (Phi) is 3.69. The topological polar surface area (TPSA) is 46.5 Å². The van der Waals surface area contributed by atoms with Crippen LogP contribution in [-0.2, 0) is 9.53 Å². The maximum Gasteiger partial charge on any atom is 0.192 e. The molecule has 0 aliphatic carbocycles. The molecule has 0 amide bonds. The molecule has 0 aromatic heterocycles. The SMILES string of the molecule is CCC(OC)C(=O)C(C)(C)O. The van der Waals surface area contributed by atoms with Gasteiger partial charge in [-0.25, -0.2) is 0 Å². The largest absolute Gasteiger partial charge is 0.383 e. The second-order valence-corrected chi connectivity index (χ2v) is 3.06. The number of carbonyl (C=O) groups excluding carboxylic acids is 1. The molecular weight excluding hydrogens is 144 g/mol. The lowest BCUT2D eigenvalue weighted by Crippen LogP contribution is -2.40. The number of hydrogen-bond donors (Lipinski definition) is 1. The van der Waals surface area contributed by atoms with Crippen molar-refractivity contribution in [3.63, 3.8) is 0 Å². The molecule has 66 valence electrons. The molecule has 0 rings (SSSR count). The third-order valence-corrected chi connectivity index (χ3v) is 1.55. The summed E-state index contributed by atoms with van der Waals surface area (Å²) in [5.74, 6) is -0.262. The Morgan fingerprint density at radius 2 is 2.09 bits per heavy atom. The van der Waals surface area contributed by atoms with Crippen LogP contribution >= 0.6 is 0 Å². The molecule has 0 heterocycles. The number of ketones is 1. The highest BCUT2D eigenvalue weighted by Crippen LogP contribution is 2.10. The number of rotatable bonds is 4. The van der Waals surface area contributed by atoms with Gasteiger partial charge in [-0.3, -0.25) is 4.79 Å². The molecule has 3 heteroatoms. The highest BCUT2D eigenvalue weighted by molar-refractivity contribution is 5.90. The summed E-state index contributed by atoms with van der Waals surface area (Å²) >= 11 is 0. The molecule has 0 aromatic carbocycles. The van der Waals surface area contributed by atoms with Crippen molar-refractivity contribution in [2.24, 2.45) is 0 Å². The van der Waals surface area contributed by atoms with Crippen LogP contribution in [0, 0.1) is 0 Å². The Bertz CT molecular complexity index is 131. The van der Waals surface area contributed by atoms with Crippen LogP contribution in [0.25, 0.3) is 0 Å². The minimum Gasteiger partial charge on any atom is -0.383 e. The molecule has 3 nitrogen and oxygen atoms in total. The highest BCUT2D eigenvalue weighted by atomic mass is 16.5. The molecule has 0 aliphatic rings. The van der Waals surface area contributed by atoms with Crippen molar-refractivity contribution in [2.45, 2.75) is 38.9 Å². The first-order valence-electron chi connectivity index (χ1n) is 3.73. The Labute approximate surface area is 67.4 Å². The first kappa shape index (κ1) is 10.6. The Morgan fingerprint density at radius 1 is 1.64 bits per heavy atom. The van der Waals surface area contributed by atoms with Gasteiger partial charge in [-0.05, 0) is 20.3 Å². The molecule has 0 aliphatic heterocycles. The number of methoxy groups -OCH3 is 1. The van der Waals surface area contributed by atoms with Crippen LogP contribution in [-0.4, -0.2) is 29.7 Å². The minimum absolute atomic E-state index is 0.262.